The van der Waals surface area contributed by atoms with E-state index in [9.17, 15) is 19.4 Å². The molecule has 4 aromatic rings. The number of ether oxygens (including phenoxy) is 1. The average Bonchev–Trinajstić information content (AvgIpc) is 3.58. The first-order valence-electron chi connectivity index (χ1n) is 13.7. The van der Waals surface area contributed by atoms with E-state index in [4.69, 9.17) is 4.74 Å². The molecule has 10 nitrogen and oxygen atoms in total. The molecule has 1 atom stereocenters. The number of aromatic nitrogens is 2. The van der Waals surface area contributed by atoms with E-state index >= 15 is 0 Å². The highest BCUT2D eigenvalue weighted by atomic mass is 19.1. The van der Waals surface area contributed by atoms with Gasteiger partial charge in [-0.3, -0.25) is 9.69 Å². The molecule has 0 aliphatic carbocycles. The lowest BCUT2D eigenvalue weighted by atomic mass is 9.89. The lowest BCUT2D eigenvalue weighted by Gasteiger charge is -2.32. The summed E-state index contributed by atoms with van der Waals surface area (Å²) in [5.74, 6) is 0.472. The van der Waals surface area contributed by atoms with E-state index in [2.05, 4.69) is 21.2 Å². The molecule has 5 N–H and O–H groups in total. The number of carbonyl (C=O) groups excluding carboxylic acids is 1. The second-order valence-electron chi connectivity index (χ2n) is 10.9. The van der Waals surface area contributed by atoms with Crippen LogP contribution in [0.5, 0.6) is 11.5 Å². The van der Waals surface area contributed by atoms with Crippen LogP contribution in [-0.2, 0) is 13.1 Å². The Balaban J connectivity index is 1.26. The van der Waals surface area contributed by atoms with Gasteiger partial charge in [-0.25, -0.2) is 14.6 Å². The molecule has 0 bridgehead atoms. The Morgan fingerprint density at radius 2 is 1.90 bits per heavy atom. The Labute approximate surface area is 243 Å². The van der Waals surface area contributed by atoms with Gasteiger partial charge in [-0.2, -0.15) is 5.10 Å². The molecule has 0 fully saturated rings. The van der Waals surface area contributed by atoms with Crippen LogP contribution in [0, 0.1) is 18.2 Å². The largest absolute Gasteiger partial charge is 0.457 e. The highest BCUT2D eigenvalue weighted by molar-refractivity contribution is 5.80. The molecule has 11 heteroatoms. The number of aryl methyl sites for hydroxylation is 1. The van der Waals surface area contributed by atoms with Crippen LogP contribution in [0.4, 0.5) is 14.9 Å². The van der Waals surface area contributed by atoms with E-state index in [1.54, 1.807) is 16.9 Å². The van der Waals surface area contributed by atoms with E-state index < -0.39 is 23.4 Å². The highest BCUT2D eigenvalue weighted by Crippen LogP contribution is 2.34. The van der Waals surface area contributed by atoms with Crippen LogP contribution < -0.4 is 25.8 Å². The summed E-state index contributed by atoms with van der Waals surface area (Å²) in [6.45, 7) is 6.16. The number of aliphatic hydroxyl groups excluding tert-OH is 2. The molecule has 0 spiro atoms. The van der Waals surface area contributed by atoms with Gasteiger partial charge in [-0.05, 0) is 61.5 Å². The molecule has 3 aromatic carbocycles. The summed E-state index contributed by atoms with van der Waals surface area (Å²) in [7, 11) is 0. The quantitative estimate of drug-likeness (QED) is 0.191. The van der Waals surface area contributed by atoms with Gasteiger partial charge in [-0.15, -0.1) is 0 Å². The molecule has 0 saturated heterocycles. The molecular formula is C31H35FN6O4. The van der Waals surface area contributed by atoms with Gasteiger partial charge in [0, 0.05) is 28.6 Å². The van der Waals surface area contributed by atoms with Gasteiger partial charge < -0.3 is 25.6 Å². The number of carbonyl (C=O) groups is 1. The van der Waals surface area contributed by atoms with Crippen LogP contribution in [0.1, 0.15) is 25.0 Å². The van der Waals surface area contributed by atoms with Crippen LogP contribution >= 0.6 is 0 Å². The molecule has 0 radical (unpaired) electrons. The van der Waals surface area contributed by atoms with Crippen molar-refractivity contribution in [3.05, 3.63) is 95.6 Å². The van der Waals surface area contributed by atoms with Crippen molar-refractivity contribution in [2.45, 2.75) is 40.0 Å². The number of nitrogens with one attached hydrogen (secondary N) is 3. The predicted molar refractivity (Wildman–Crippen MR) is 158 cm³/mol. The molecule has 1 aliphatic heterocycles. The average molecular weight is 575 g/mol. The first-order chi connectivity index (χ1) is 20.2. The van der Waals surface area contributed by atoms with E-state index in [0.717, 1.165) is 27.9 Å². The maximum absolute atomic E-state index is 14.2. The third kappa shape index (κ3) is 6.38. The van der Waals surface area contributed by atoms with E-state index in [-0.39, 0.29) is 19.8 Å². The number of amides is 2. The fraction of sp³-hybridized carbons (Fsp3) is 0.290. The van der Waals surface area contributed by atoms with Gasteiger partial charge in [0.25, 0.3) is 0 Å². The van der Waals surface area contributed by atoms with E-state index in [0.29, 0.717) is 23.6 Å². The lowest BCUT2D eigenvalue weighted by molar-refractivity contribution is 0.187. The van der Waals surface area contributed by atoms with Crippen molar-refractivity contribution >= 4 is 22.6 Å². The predicted octanol–water partition coefficient (Wildman–Crippen LogP) is 4.32. The number of benzene rings is 3. The number of hydrogen-bond donors (Lipinski definition) is 5. The summed E-state index contributed by atoms with van der Waals surface area (Å²) in [6.07, 6.45) is 3.01. The third-order valence-corrected chi connectivity index (χ3v) is 7.12. The normalized spacial score (nSPS) is 15.1. The van der Waals surface area contributed by atoms with Crippen molar-refractivity contribution < 1.29 is 24.1 Å². The SMILES string of the molecule is Cc1ccc(N2NC(NC(=O)NCc3cc(F)ccc3Oc3ccc4c(cnn4CCO)c3)C=C2C(C)(C)CO)cc1. The molecule has 1 unspecified atom stereocenters. The van der Waals surface area contributed by atoms with Gasteiger partial charge in [0.2, 0.25) is 0 Å². The summed E-state index contributed by atoms with van der Waals surface area (Å²) in [4.78, 5) is 12.9. The molecular weight excluding hydrogens is 539 g/mol. The Kier molecular flexibility index (Phi) is 8.44. The second-order valence-corrected chi connectivity index (χ2v) is 10.9. The van der Waals surface area contributed by atoms with Crippen molar-refractivity contribution in [1.29, 1.82) is 0 Å². The standard InChI is InChI=1S/C31H35FN6O4/c1-20-4-7-24(8-5-20)38-28(31(2,3)19-40)16-29(36-38)35-30(41)33-17-22-14-23(32)6-11-27(22)42-25-9-10-26-21(15-25)18-34-37(26)12-13-39/h4-11,14-16,18,29,36,39-40H,12-13,17,19H2,1-3H3,(H2,33,35,41). The number of fused-ring (bicyclic) bond motifs is 1. The van der Waals surface area contributed by atoms with Gasteiger partial charge in [0.05, 0.1) is 37.2 Å². The van der Waals surface area contributed by atoms with Gasteiger partial charge in [0.15, 0.2) is 0 Å². The summed E-state index contributed by atoms with van der Waals surface area (Å²) in [5.41, 5.74) is 6.83. The maximum Gasteiger partial charge on any atom is 0.316 e. The Bertz CT molecular complexity index is 1600. The van der Waals surface area contributed by atoms with Gasteiger partial charge in [-0.1, -0.05) is 31.5 Å². The minimum absolute atomic E-state index is 0.0166. The lowest BCUT2D eigenvalue weighted by Crippen LogP contribution is -2.50. The third-order valence-electron chi connectivity index (χ3n) is 7.12. The van der Waals surface area contributed by atoms with Gasteiger partial charge >= 0.3 is 6.03 Å². The zero-order valence-corrected chi connectivity index (χ0v) is 23.8. The number of aliphatic hydroxyl groups is 2. The van der Waals surface area contributed by atoms with Crippen molar-refractivity contribution in [3.63, 3.8) is 0 Å². The number of anilines is 1. The van der Waals surface area contributed by atoms with E-state index in [1.165, 1.54) is 18.2 Å². The summed E-state index contributed by atoms with van der Waals surface area (Å²) < 4.78 is 21.9. The van der Waals surface area contributed by atoms with Crippen LogP contribution in [0.2, 0.25) is 0 Å². The maximum atomic E-state index is 14.2. The molecule has 2 amide bonds. The number of hydrogen-bond acceptors (Lipinski definition) is 7. The molecule has 1 aromatic heterocycles. The summed E-state index contributed by atoms with van der Waals surface area (Å²) in [6, 6.07) is 17.0. The Morgan fingerprint density at radius 3 is 2.64 bits per heavy atom. The number of halogens is 1. The van der Waals surface area contributed by atoms with Crippen LogP contribution in [0.3, 0.4) is 0 Å². The smallest absolute Gasteiger partial charge is 0.316 e. The van der Waals surface area contributed by atoms with E-state index in [1.807, 2.05) is 68.3 Å². The molecule has 42 heavy (non-hydrogen) atoms. The fourth-order valence-corrected chi connectivity index (χ4v) is 4.75. The highest BCUT2D eigenvalue weighted by Gasteiger charge is 2.35. The number of urea groups is 1. The summed E-state index contributed by atoms with van der Waals surface area (Å²) >= 11 is 0. The molecule has 220 valence electrons. The number of rotatable bonds is 10. The summed E-state index contributed by atoms with van der Waals surface area (Å²) in [5, 5.41) is 31.9. The number of nitrogens with zero attached hydrogens (tertiary/aromatic N) is 3. The monoisotopic (exact) mass is 574 g/mol. The minimum atomic E-state index is -0.570. The van der Waals surface area contributed by atoms with Crippen molar-refractivity contribution in [1.82, 2.24) is 25.8 Å². The minimum Gasteiger partial charge on any atom is -0.457 e. The molecule has 1 aliphatic rings. The van der Waals surface area contributed by atoms with Crippen molar-refractivity contribution in [2.24, 2.45) is 5.41 Å². The van der Waals surface area contributed by atoms with Crippen LogP contribution in [0.25, 0.3) is 10.9 Å². The number of hydrazine groups is 1. The molecule has 2 heterocycles. The fourth-order valence-electron chi connectivity index (χ4n) is 4.75. The Morgan fingerprint density at radius 1 is 1.12 bits per heavy atom. The first kappa shape index (κ1) is 29.1. The van der Waals surface area contributed by atoms with Crippen molar-refractivity contribution in [3.8, 4) is 11.5 Å². The molecule has 5 rings (SSSR count). The van der Waals surface area contributed by atoms with Crippen LogP contribution in [0.15, 0.2) is 78.6 Å². The van der Waals surface area contributed by atoms with Crippen molar-refractivity contribution in [2.75, 3.05) is 18.2 Å². The zero-order valence-electron chi connectivity index (χ0n) is 23.8. The molecule has 0 saturated carbocycles. The topological polar surface area (TPSA) is 124 Å². The van der Waals surface area contributed by atoms with Crippen LogP contribution in [-0.4, -0.2) is 45.4 Å². The second kappa shape index (κ2) is 12.2. The van der Waals surface area contributed by atoms with Gasteiger partial charge in [0.1, 0.15) is 23.5 Å². The Hall–Kier alpha value is -4.45. The zero-order chi connectivity index (χ0) is 29.9. The first-order valence-corrected chi connectivity index (χ1v) is 13.7.